The van der Waals surface area contributed by atoms with Gasteiger partial charge in [-0.05, 0) is 62.4 Å². The molecule has 4 heteroatoms. The average molecular weight is 350 g/mol. The largest absolute Gasteiger partial charge is 0.494 e. The van der Waals surface area contributed by atoms with Gasteiger partial charge in [-0.1, -0.05) is 24.3 Å². The zero-order valence-electron chi connectivity index (χ0n) is 15.4. The van der Waals surface area contributed by atoms with Gasteiger partial charge in [0.15, 0.2) is 0 Å². The molecule has 1 unspecified atom stereocenters. The lowest BCUT2D eigenvalue weighted by Crippen LogP contribution is -2.10. The quantitative estimate of drug-likeness (QED) is 0.559. The molecule has 1 aliphatic rings. The van der Waals surface area contributed by atoms with Gasteiger partial charge >= 0.3 is 0 Å². The van der Waals surface area contributed by atoms with Crippen molar-refractivity contribution in [2.45, 2.75) is 45.3 Å². The Bertz CT molecular complexity index is 865. The fourth-order valence-corrected chi connectivity index (χ4v) is 3.62. The number of imidazole rings is 1. The first-order valence-corrected chi connectivity index (χ1v) is 9.57. The molecule has 0 bridgehead atoms. The van der Waals surface area contributed by atoms with E-state index in [2.05, 4.69) is 47.9 Å². The number of ether oxygens (including phenoxy) is 2. The van der Waals surface area contributed by atoms with Gasteiger partial charge < -0.3 is 14.0 Å². The maximum absolute atomic E-state index is 5.90. The number of rotatable bonds is 7. The number of aryl methyl sites for hydroxylation is 2. The molecule has 1 fully saturated rings. The second kappa shape index (κ2) is 7.92. The first kappa shape index (κ1) is 17.1. The molecule has 3 aromatic rings. The molecule has 0 N–H and O–H groups in total. The third-order valence-electron chi connectivity index (χ3n) is 4.94. The topological polar surface area (TPSA) is 36.3 Å². The third kappa shape index (κ3) is 3.75. The van der Waals surface area contributed by atoms with Crippen molar-refractivity contribution in [1.29, 1.82) is 0 Å². The third-order valence-corrected chi connectivity index (χ3v) is 4.94. The summed E-state index contributed by atoms with van der Waals surface area (Å²) in [6, 6.07) is 16.6. The van der Waals surface area contributed by atoms with E-state index in [0.29, 0.717) is 0 Å². The van der Waals surface area contributed by atoms with Crippen LogP contribution in [0.15, 0.2) is 48.5 Å². The molecule has 1 atom stereocenters. The zero-order valence-corrected chi connectivity index (χ0v) is 15.4. The van der Waals surface area contributed by atoms with Gasteiger partial charge in [-0.25, -0.2) is 4.98 Å². The summed E-state index contributed by atoms with van der Waals surface area (Å²) in [6.45, 7) is 4.63. The predicted molar refractivity (Wildman–Crippen MR) is 104 cm³/mol. The fraction of sp³-hybridized carbons (Fsp3) is 0.409. The Balaban J connectivity index is 1.39. The van der Waals surface area contributed by atoms with Crippen LogP contribution < -0.4 is 4.74 Å². The highest BCUT2D eigenvalue weighted by Crippen LogP contribution is 2.30. The molecule has 0 amide bonds. The first-order valence-electron chi connectivity index (χ1n) is 9.57. The molecule has 136 valence electrons. The van der Waals surface area contributed by atoms with Crippen LogP contribution in [0.1, 0.15) is 43.2 Å². The van der Waals surface area contributed by atoms with Crippen LogP contribution in [0.25, 0.3) is 11.0 Å². The molecule has 0 spiro atoms. The Labute approximate surface area is 154 Å². The lowest BCUT2D eigenvalue weighted by molar-refractivity contribution is 0.102. The van der Waals surface area contributed by atoms with Gasteiger partial charge in [0, 0.05) is 13.2 Å². The average Bonchev–Trinajstić information content (AvgIpc) is 3.29. The first-order chi connectivity index (χ1) is 12.8. The van der Waals surface area contributed by atoms with Crippen molar-refractivity contribution >= 4 is 11.0 Å². The van der Waals surface area contributed by atoms with E-state index in [4.69, 9.17) is 14.5 Å². The van der Waals surface area contributed by atoms with Crippen molar-refractivity contribution in [1.82, 2.24) is 9.55 Å². The van der Waals surface area contributed by atoms with Crippen molar-refractivity contribution < 1.29 is 9.47 Å². The number of benzene rings is 2. The van der Waals surface area contributed by atoms with Crippen LogP contribution in [0.5, 0.6) is 5.75 Å². The number of unbranched alkanes of at least 4 members (excludes halogenated alkanes) is 1. The lowest BCUT2D eigenvalue weighted by Gasteiger charge is -2.14. The van der Waals surface area contributed by atoms with Crippen LogP contribution in [0.4, 0.5) is 0 Å². The summed E-state index contributed by atoms with van der Waals surface area (Å²) in [5.41, 5.74) is 3.50. The maximum Gasteiger partial charge on any atom is 0.139 e. The van der Waals surface area contributed by atoms with E-state index < -0.39 is 0 Å². The van der Waals surface area contributed by atoms with E-state index in [-0.39, 0.29) is 6.10 Å². The van der Waals surface area contributed by atoms with Crippen LogP contribution in [-0.4, -0.2) is 22.8 Å². The van der Waals surface area contributed by atoms with Crippen molar-refractivity contribution in [3.8, 4) is 5.75 Å². The Kier molecular flexibility index (Phi) is 5.21. The van der Waals surface area contributed by atoms with Gasteiger partial charge in [-0.2, -0.15) is 0 Å². The molecular formula is C22H26N2O2. The molecule has 0 saturated carbocycles. The Hall–Kier alpha value is -2.33. The van der Waals surface area contributed by atoms with Gasteiger partial charge in [0.1, 0.15) is 17.7 Å². The van der Waals surface area contributed by atoms with Crippen molar-refractivity contribution in [3.63, 3.8) is 0 Å². The summed E-state index contributed by atoms with van der Waals surface area (Å²) in [6.07, 6.45) is 4.42. The van der Waals surface area contributed by atoms with Crippen LogP contribution in [0.2, 0.25) is 0 Å². The van der Waals surface area contributed by atoms with Crippen LogP contribution >= 0.6 is 0 Å². The highest BCUT2D eigenvalue weighted by Gasteiger charge is 2.24. The maximum atomic E-state index is 5.90. The summed E-state index contributed by atoms with van der Waals surface area (Å²) in [5, 5.41) is 0. The highest BCUT2D eigenvalue weighted by molar-refractivity contribution is 5.76. The molecule has 26 heavy (non-hydrogen) atoms. The van der Waals surface area contributed by atoms with Crippen molar-refractivity contribution in [3.05, 3.63) is 59.9 Å². The van der Waals surface area contributed by atoms with Crippen molar-refractivity contribution in [2.24, 2.45) is 0 Å². The van der Waals surface area contributed by atoms with Crippen LogP contribution in [-0.2, 0) is 11.3 Å². The van der Waals surface area contributed by atoms with Crippen LogP contribution in [0.3, 0.4) is 0 Å². The lowest BCUT2D eigenvalue weighted by atomic mass is 10.2. The van der Waals surface area contributed by atoms with Crippen LogP contribution in [0, 0.1) is 6.92 Å². The standard InChI is InChI=1S/C22H26N2O2/c1-17-8-6-9-18(16-17)25-14-5-4-13-24-20-11-3-2-10-19(20)23-22(24)21-12-7-15-26-21/h2-3,6,8-11,16,21H,4-5,7,12-15H2,1H3. The molecule has 4 nitrogen and oxygen atoms in total. The van der Waals surface area contributed by atoms with Gasteiger partial charge in [0.25, 0.3) is 0 Å². The zero-order chi connectivity index (χ0) is 17.8. The number of para-hydroxylation sites is 2. The molecule has 1 aromatic heterocycles. The van der Waals surface area contributed by atoms with E-state index in [1.807, 2.05) is 12.1 Å². The molecule has 1 aliphatic heterocycles. The van der Waals surface area contributed by atoms with Crippen molar-refractivity contribution in [2.75, 3.05) is 13.2 Å². The van der Waals surface area contributed by atoms with E-state index >= 15 is 0 Å². The summed E-state index contributed by atoms with van der Waals surface area (Å²) in [7, 11) is 0. The van der Waals surface area contributed by atoms with Gasteiger partial charge in [0.2, 0.25) is 0 Å². The highest BCUT2D eigenvalue weighted by atomic mass is 16.5. The molecule has 2 aromatic carbocycles. The molecule has 1 saturated heterocycles. The molecule has 2 heterocycles. The number of aromatic nitrogens is 2. The minimum Gasteiger partial charge on any atom is -0.494 e. The predicted octanol–water partition coefficient (Wildman–Crippen LogP) is 5.06. The number of hydrogen-bond acceptors (Lipinski definition) is 3. The molecule has 0 aliphatic carbocycles. The van der Waals surface area contributed by atoms with Gasteiger partial charge in [0.05, 0.1) is 17.6 Å². The molecular weight excluding hydrogens is 324 g/mol. The summed E-state index contributed by atoms with van der Waals surface area (Å²) in [5.74, 6) is 2.04. The van der Waals surface area contributed by atoms with E-state index in [0.717, 1.165) is 62.5 Å². The minimum absolute atomic E-state index is 0.144. The minimum atomic E-state index is 0.144. The second-order valence-electron chi connectivity index (χ2n) is 6.98. The molecule has 0 radical (unpaired) electrons. The Morgan fingerprint density at radius 1 is 1.15 bits per heavy atom. The fourth-order valence-electron chi connectivity index (χ4n) is 3.62. The molecule has 4 rings (SSSR count). The smallest absolute Gasteiger partial charge is 0.139 e. The van der Waals surface area contributed by atoms with E-state index in [1.165, 1.54) is 11.1 Å². The summed E-state index contributed by atoms with van der Waals surface area (Å²) >= 11 is 0. The Morgan fingerprint density at radius 3 is 2.92 bits per heavy atom. The number of nitrogens with zero attached hydrogens (tertiary/aromatic N) is 2. The number of fused-ring (bicyclic) bond motifs is 1. The summed E-state index contributed by atoms with van der Waals surface area (Å²) < 4.78 is 14.1. The second-order valence-corrected chi connectivity index (χ2v) is 6.98. The summed E-state index contributed by atoms with van der Waals surface area (Å²) in [4.78, 5) is 4.86. The Morgan fingerprint density at radius 2 is 2.08 bits per heavy atom. The van der Waals surface area contributed by atoms with Gasteiger partial charge in [-0.15, -0.1) is 0 Å². The SMILES string of the molecule is Cc1cccc(OCCCCn2c(C3CCCO3)nc3ccccc32)c1. The van der Waals surface area contributed by atoms with E-state index in [1.54, 1.807) is 0 Å². The normalized spacial score (nSPS) is 17.0. The monoisotopic (exact) mass is 350 g/mol. The van der Waals surface area contributed by atoms with E-state index in [9.17, 15) is 0 Å². The number of hydrogen-bond donors (Lipinski definition) is 0. The van der Waals surface area contributed by atoms with Gasteiger partial charge in [-0.3, -0.25) is 0 Å².